The summed E-state index contributed by atoms with van der Waals surface area (Å²) in [7, 11) is 0. The second kappa shape index (κ2) is 12.7. The Labute approximate surface area is 267 Å². The topological polar surface area (TPSA) is 177 Å². The number of alkyl halides is 3. The molecule has 0 radical (unpaired) electrons. The number of hydrogen-bond donors (Lipinski definition) is 4. The molecule has 0 bridgehead atoms. The Hall–Kier alpha value is -3.39. The molecule has 3 rings (SSSR count). The van der Waals surface area contributed by atoms with Crippen LogP contribution in [-0.4, -0.2) is 82.9 Å². The van der Waals surface area contributed by atoms with E-state index < -0.39 is 82.8 Å². The van der Waals surface area contributed by atoms with Crippen molar-refractivity contribution in [3.63, 3.8) is 0 Å². The molecule has 1 heterocycles. The van der Waals surface area contributed by atoms with Gasteiger partial charge >= 0.3 is 18.2 Å². The SMILES string of the molecule is CC(C)[C@H](NC(=O)N[C@H](C(=O)N1C[C@H]2[C@@H]([C@H]1C(=O)NC(CC1CC1)C(=O)C(N)=O)C2(C)C)C(C)(C)C)C(=O)OC(C)(C)C(F)(F)F. The molecule has 12 nitrogen and oxygen atoms in total. The normalized spacial score (nSPS) is 24.3. The Kier molecular flexibility index (Phi) is 10.2. The van der Waals surface area contributed by atoms with E-state index in [0.29, 0.717) is 13.8 Å². The quantitative estimate of drug-likeness (QED) is 0.184. The van der Waals surface area contributed by atoms with Crippen molar-refractivity contribution in [2.24, 2.45) is 40.2 Å². The first-order chi connectivity index (χ1) is 20.8. The Morgan fingerprint density at radius 1 is 0.957 bits per heavy atom. The summed E-state index contributed by atoms with van der Waals surface area (Å²) >= 11 is 0. The zero-order chi connectivity index (χ0) is 35.3. The minimum Gasteiger partial charge on any atom is -0.448 e. The Balaban J connectivity index is 1.81. The van der Waals surface area contributed by atoms with Gasteiger partial charge in [-0.25, -0.2) is 9.59 Å². The standard InChI is InChI=1S/C31H48F3N5O7/c1-14(2)19(26(44)46-30(8,9)31(32,33)34)37-27(45)38-22(28(3,4)5)25(43)39-13-16-18(29(16,6)7)20(39)24(42)36-17(12-15-10-11-15)21(40)23(35)41/h14-20,22H,10-13H2,1-9H3,(H2,35,41)(H,36,42)(H2,37,38,45)/t16-,17?,18-,19-,20-,22+/m0/s1. The van der Waals surface area contributed by atoms with Crippen LogP contribution in [-0.2, 0) is 28.7 Å². The van der Waals surface area contributed by atoms with Gasteiger partial charge in [0, 0.05) is 6.54 Å². The first kappa shape index (κ1) is 37.1. The van der Waals surface area contributed by atoms with E-state index in [1.807, 2.05) is 13.8 Å². The van der Waals surface area contributed by atoms with Crippen molar-refractivity contribution in [1.29, 1.82) is 0 Å². The molecule has 15 heteroatoms. The molecule has 1 aliphatic heterocycles. The van der Waals surface area contributed by atoms with Crippen molar-refractivity contribution < 1.29 is 46.7 Å². The minimum absolute atomic E-state index is 0.0348. The van der Waals surface area contributed by atoms with Crippen LogP contribution in [0.2, 0.25) is 0 Å². The number of piperidine rings is 1. The minimum atomic E-state index is -4.85. The summed E-state index contributed by atoms with van der Waals surface area (Å²) in [5, 5.41) is 7.60. The number of rotatable bonds is 12. The number of likely N-dealkylation sites (tertiary alicyclic amines) is 1. The number of ketones is 1. The molecule has 0 aromatic rings. The third kappa shape index (κ3) is 7.93. The molecule has 46 heavy (non-hydrogen) atoms. The molecule has 260 valence electrons. The maximum Gasteiger partial charge on any atom is 0.427 e. The number of esters is 1. The highest BCUT2D eigenvalue weighted by molar-refractivity contribution is 6.37. The number of primary amides is 1. The zero-order valence-electron chi connectivity index (χ0n) is 28.0. The number of nitrogens with two attached hydrogens (primary N) is 1. The summed E-state index contributed by atoms with van der Waals surface area (Å²) < 4.78 is 44.8. The lowest BCUT2D eigenvalue weighted by Crippen LogP contribution is -2.62. The number of halogens is 3. The fourth-order valence-electron chi connectivity index (χ4n) is 6.16. The van der Waals surface area contributed by atoms with Gasteiger partial charge in [-0.2, -0.15) is 13.2 Å². The average molecular weight is 660 g/mol. The van der Waals surface area contributed by atoms with E-state index in [9.17, 15) is 41.9 Å². The van der Waals surface area contributed by atoms with E-state index in [4.69, 9.17) is 10.5 Å². The summed E-state index contributed by atoms with van der Waals surface area (Å²) in [5.74, 6) is -5.32. The Morgan fingerprint density at radius 2 is 1.52 bits per heavy atom. The molecular formula is C31H48F3N5O7. The molecule has 3 fully saturated rings. The van der Waals surface area contributed by atoms with Gasteiger partial charge < -0.3 is 31.3 Å². The van der Waals surface area contributed by atoms with E-state index >= 15 is 0 Å². The van der Waals surface area contributed by atoms with Gasteiger partial charge in [0.25, 0.3) is 5.91 Å². The summed E-state index contributed by atoms with van der Waals surface area (Å²) in [5.41, 5.74) is 1.24. The van der Waals surface area contributed by atoms with Gasteiger partial charge in [0.2, 0.25) is 23.2 Å². The first-order valence-electron chi connectivity index (χ1n) is 15.6. The predicted molar refractivity (Wildman–Crippen MR) is 159 cm³/mol. The van der Waals surface area contributed by atoms with Crippen LogP contribution in [0.5, 0.6) is 0 Å². The number of amides is 5. The van der Waals surface area contributed by atoms with Crippen LogP contribution >= 0.6 is 0 Å². The molecule has 2 aliphatic carbocycles. The van der Waals surface area contributed by atoms with E-state index in [-0.39, 0.29) is 36.1 Å². The number of ether oxygens (including phenoxy) is 1. The number of carbonyl (C=O) groups excluding carboxylic acids is 6. The third-order valence-electron chi connectivity index (χ3n) is 9.54. The number of nitrogens with one attached hydrogen (secondary N) is 3. The summed E-state index contributed by atoms with van der Waals surface area (Å²) in [6, 6.07) is -5.80. The fourth-order valence-corrected chi connectivity index (χ4v) is 6.16. The highest BCUT2D eigenvalue weighted by atomic mass is 19.4. The number of Topliss-reactive ketones (excluding diaryl/α,β-unsaturated/α-hetero) is 1. The molecule has 2 saturated carbocycles. The Bertz CT molecular complexity index is 1260. The molecule has 0 spiro atoms. The molecule has 6 atom stereocenters. The highest BCUT2D eigenvalue weighted by Gasteiger charge is 2.70. The summed E-state index contributed by atoms with van der Waals surface area (Å²) in [6.07, 6.45) is -2.87. The lowest BCUT2D eigenvalue weighted by molar-refractivity contribution is -0.258. The number of fused-ring (bicyclic) bond motifs is 1. The van der Waals surface area contributed by atoms with Crippen molar-refractivity contribution in [1.82, 2.24) is 20.9 Å². The number of nitrogens with zero attached hydrogens (tertiary/aromatic N) is 1. The van der Waals surface area contributed by atoms with Crippen LogP contribution in [0.4, 0.5) is 18.0 Å². The largest absolute Gasteiger partial charge is 0.448 e. The van der Waals surface area contributed by atoms with Gasteiger partial charge in [0.1, 0.15) is 18.1 Å². The Morgan fingerprint density at radius 3 is 1.98 bits per heavy atom. The summed E-state index contributed by atoms with van der Waals surface area (Å²) in [4.78, 5) is 79.5. The van der Waals surface area contributed by atoms with E-state index in [0.717, 1.165) is 12.8 Å². The molecule has 0 aromatic carbocycles. The molecule has 5 N–H and O–H groups in total. The summed E-state index contributed by atoms with van der Waals surface area (Å²) in [6.45, 7) is 13.6. The van der Waals surface area contributed by atoms with Gasteiger partial charge in [-0.05, 0) is 54.8 Å². The van der Waals surface area contributed by atoms with Crippen LogP contribution in [0, 0.1) is 34.5 Å². The lowest BCUT2D eigenvalue weighted by atomic mass is 9.85. The monoisotopic (exact) mass is 659 g/mol. The van der Waals surface area contributed by atoms with Crippen molar-refractivity contribution >= 4 is 35.5 Å². The fraction of sp³-hybridized carbons (Fsp3) is 0.806. The van der Waals surface area contributed by atoms with Gasteiger partial charge in [-0.3, -0.25) is 19.2 Å². The maximum atomic E-state index is 14.1. The molecule has 0 aromatic heterocycles. The van der Waals surface area contributed by atoms with E-state index in [1.165, 1.54) is 18.7 Å². The van der Waals surface area contributed by atoms with Crippen LogP contribution in [0.25, 0.3) is 0 Å². The number of carbonyl (C=O) groups is 6. The van der Waals surface area contributed by atoms with Crippen LogP contribution in [0.1, 0.15) is 81.6 Å². The van der Waals surface area contributed by atoms with E-state index in [2.05, 4.69) is 16.0 Å². The third-order valence-corrected chi connectivity index (χ3v) is 9.54. The molecule has 5 amide bonds. The van der Waals surface area contributed by atoms with Gasteiger partial charge in [-0.15, -0.1) is 0 Å². The first-order valence-corrected chi connectivity index (χ1v) is 15.6. The predicted octanol–water partition coefficient (Wildman–Crippen LogP) is 2.43. The van der Waals surface area contributed by atoms with Crippen LogP contribution in [0.3, 0.4) is 0 Å². The van der Waals surface area contributed by atoms with Crippen LogP contribution in [0.15, 0.2) is 0 Å². The molecule has 1 unspecified atom stereocenters. The van der Waals surface area contributed by atoms with Crippen molar-refractivity contribution in [2.45, 2.75) is 118 Å². The molecule has 3 aliphatic rings. The number of urea groups is 1. The zero-order valence-corrected chi connectivity index (χ0v) is 28.0. The van der Waals surface area contributed by atoms with Gasteiger partial charge in [-0.1, -0.05) is 61.3 Å². The maximum absolute atomic E-state index is 14.1. The highest BCUT2D eigenvalue weighted by Crippen LogP contribution is 2.65. The second-order valence-corrected chi connectivity index (χ2v) is 15.4. The second-order valence-electron chi connectivity index (χ2n) is 15.4. The van der Waals surface area contributed by atoms with Crippen molar-refractivity contribution in [3.8, 4) is 0 Å². The molecular weight excluding hydrogens is 611 g/mol. The van der Waals surface area contributed by atoms with E-state index in [1.54, 1.807) is 20.8 Å². The average Bonchev–Trinajstić information content (AvgIpc) is 3.74. The van der Waals surface area contributed by atoms with Crippen molar-refractivity contribution in [3.05, 3.63) is 0 Å². The number of hydrogen-bond acceptors (Lipinski definition) is 7. The smallest absolute Gasteiger partial charge is 0.427 e. The lowest BCUT2D eigenvalue weighted by Gasteiger charge is -2.38. The van der Waals surface area contributed by atoms with Crippen molar-refractivity contribution in [2.75, 3.05) is 6.54 Å². The molecule has 1 saturated heterocycles. The van der Waals surface area contributed by atoms with Gasteiger partial charge in [0.05, 0.1) is 6.04 Å². The van der Waals surface area contributed by atoms with Crippen LogP contribution < -0.4 is 21.7 Å². The van der Waals surface area contributed by atoms with Gasteiger partial charge in [0.15, 0.2) is 0 Å².